The van der Waals surface area contributed by atoms with E-state index in [1.807, 2.05) is 6.20 Å². The van der Waals surface area contributed by atoms with E-state index in [0.717, 1.165) is 50.3 Å². The van der Waals surface area contributed by atoms with Gasteiger partial charge in [-0.15, -0.1) is 0 Å². The van der Waals surface area contributed by atoms with Gasteiger partial charge in [0.05, 0.1) is 30.9 Å². The van der Waals surface area contributed by atoms with Gasteiger partial charge in [-0.2, -0.15) is 0 Å². The maximum Gasteiger partial charge on any atom is 0.203 e. The van der Waals surface area contributed by atoms with E-state index in [-0.39, 0.29) is 17.1 Å². The quantitative estimate of drug-likeness (QED) is 0.572. The predicted molar refractivity (Wildman–Crippen MR) is 123 cm³/mol. The number of nitrogens with zero attached hydrogens (tertiary/aromatic N) is 3. The molecule has 0 unspecified atom stereocenters. The molecule has 0 spiro atoms. The fourth-order valence-corrected chi connectivity index (χ4v) is 4.84. The van der Waals surface area contributed by atoms with Crippen molar-refractivity contribution < 1.29 is 9.53 Å². The molecule has 32 heavy (non-hydrogen) atoms. The molecule has 3 heterocycles. The highest BCUT2D eigenvalue weighted by Gasteiger charge is 2.42. The number of anilines is 1. The van der Waals surface area contributed by atoms with E-state index in [1.54, 1.807) is 0 Å². The van der Waals surface area contributed by atoms with Gasteiger partial charge in [0.25, 0.3) is 0 Å². The molecule has 1 aliphatic carbocycles. The van der Waals surface area contributed by atoms with Crippen LogP contribution in [0.5, 0.6) is 0 Å². The number of ether oxygens (including phenoxy) is 1. The zero-order valence-electron chi connectivity index (χ0n) is 18.4. The minimum absolute atomic E-state index is 0.0496. The highest BCUT2D eigenvalue weighted by Crippen LogP contribution is 2.40. The van der Waals surface area contributed by atoms with Crippen LogP contribution in [-0.4, -0.2) is 35.5 Å². The third kappa shape index (κ3) is 3.32. The van der Waals surface area contributed by atoms with Crippen molar-refractivity contribution in [2.24, 2.45) is 5.92 Å². The number of aromatic nitrogens is 2. The van der Waals surface area contributed by atoms with Crippen molar-refractivity contribution in [3.63, 3.8) is 0 Å². The van der Waals surface area contributed by atoms with Crippen LogP contribution in [0.2, 0.25) is 0 Å². The summed E-state index contributed by atoms with van der Waals surface area (Å²) in [5.41, 5.74) is 7.18. The zero-order valence-corrected chi connectivity index (χ0v) is 18.4. The Morgan fingerprint density at radius 2 is 1.72 bits per heavy atom. The minimum atomic E-state index is -0.0496. The number of fused-ring (bicyclic) bond motifs is 1. The molecule has 6 rings (SSSR count). The SMILES string of the molecule is Cc1ccc(C2(c3ccc(N4CCc5cnc(C(=O)C6CC6)nc5C4)cc3)COC2)cc1. The number of aryl methyl sites for hydroxylation is 1. The van der Waals surface area contributed by atoms with Gasteiger partial charge in [-0.3, -0.25) is 4.79 Å². The average molecular weight is 426 g/mol. The van der Waals surface area contributed by atoms with E-state index in [2.05, 4.69) is 70.3 Å². The van der Waals surface area contributed by atoms with Crippen LogP contribution in [0.3, 0.4) is 0 Å². The van der Waals surface area contributed by atoms with Gasteiger partial charge in [0.1, 0.15) is 0 Å². The van der Waals surface area contributed by atoms with Crippen molar-refractivity contribution >= 4 is 11.5 Å². The van der Waals surface area contributed by atoms with Gasteiger partial charge < -0.3 is 9.64 Å². The fraction of sp³-hybridized carbons (Fsp3) is 0.370. The summed E-state index contributed by atoms with van der Waals surface area (Å²) in [6, 6.07) is 17.7. The number of benzene rings is 2. The van der Waals surface area contributed by atoms with Crippen molar-refractivity contribution in [3.8, 4) is 0 Å². The van der Waals surface area contributed by atoms with E-state index in [1.165, 1.54) is 22.4 Å². The number of rotatable bonds is 5. The smallest absolute Gasteiger partial charge is 0.203 e. The van der Waals surface area contributed by atoms with Gasteiger partial charge in [-0.25, -0.2) is 9.97 Å². The molecule has 2 aliphatic heterocycles. The lowest BCUT2D eigenvalue weighted by molar-refractivity contribution is -0.0379. The molecule has 0 radical (unpaired) electrons. The molecule has 1 saturated heterocycles. The van der Waals surface area contributed by atoms with Crippen LogP contribution in [-0.2, 0) is 23.1 Å². The molecule has 2 fully saturated rings. The third-order valence-electron chi connectivity index (χ3n) is 7.20. The summed E-state index contributed by atoms with van der Waals surface area (Å²) in [4.78, 5) is 23.7. The second-order valence-electron chi connectivity index (χ2n) is 9.46. The van der Waals surface area contributed by atoms with Gasteiger partial charge in [0.2, 0.25) is 5.78 Å². The lowest BCUT2D eigenvalue weighted by Gasteiger charge is -2.43. The van der Waals surface area contributed by atoms with Gasteiger partial charge >= 0.3 is 0 Å². The summed E-state index contributed by atoms with van der Waals surface area (Å²) in [6.45, 7) is 5.21. The Balaban J connectivity index is 1.23. The van der Waals surface area contributed by atoms with Crippen LogP contribution < -0.4 is 4.90 Å². The summed E-state index contributed by atoms with van der Waals surface area (Å²) in [5.74, 6) is 0.656. The molecule has 162 valence electrons. The van der Waals surface area contributed by atoms with Crippen molar-refractivity contribution in [2.75, 3.05) is 24.7 Å². The van der Waals surface area contributed by atoms with Crippen LogP contribution in [0.15, 0.2) is 54.7 Å². The molecule has 5 nitrogen and oxygen atoms in total. The second kappa shape index (κ2) is 7.52. The first-order chi connectivity index (χ1) is 15.6. The molecule has 5 heteroatoms. The Bertz CT molecular complexity index is 1160. The molecule has 2 aromatic carbocycles. The Labute approximate surface area is 188 Å². The van der Waals surface area contributed by atoms with Crippen LogP contribution >= 0.6 is 0 Å². The number of carbonyl (C=O) groups is 1. The van der Waals surface area contributed by atoms with E-state index < -0.39 is 0 Å². The van der Waals surface area contributed by atoms with Gasteiger partial charge in [-0.05, 0) is 55.0 Å². The monoisotopic (exact) mass is 425 g/mol. The van der Waals surface area contributed by atoms with E-state index in [9.17, 15) is 4.79 Å². The molecule has 1 saturated carbocycles. The van der Waals surface area contributed by atoms with Crippen molar-refractivity contribution in [1.29, 1.82) is 0 Å². The van der Waals surface area contributed by atoms with Gasteiger partial charge in [0, 0.05) is 24.3 Å². The Hall–Kier alpha value is -3.05. The van der Waals surface area contributed by atoms with Crippen LogP contribution in [0, 0.1) is 12.8 Å². The third-order valence-corrected chi connectivity index (χ3v) is 7.20. The van der Waals surface area contributed by atoms with Crippen LogP contribution in [0.4, 0.5) is 5.69 Å². The van der Waals surface area contributed by atoms with Crippen molar-refractivity contribution in [1.82, 2.24) is 9.97 Å². The summed E-state index contributed by atoms with van der Waals surface area (Å²) < 4.78 is 5.66. The zero-order chi connectivity index (χ0) is 21.7. The lowest BCUT2D eigenvalue weighted by Crippen LogP contribution is -2.47. The highest BCUT2D eigenvalue weighted by atomic mass is 16.5. The van der Waals surface area contributed by atoms with Gasteiger partial charge in [-0.1, -0.05) is 42.0 Å². The number of carbonyl (C=O) groups excluding carboxylic acids is 1. The maximum absolute atomic E-state index is 12.4. The molecule has 0 amide bonds. The van der Waals surface area contributed by atoms with Crippen LogP contribution in [0.1, 0.15) is 51.4 Å². The van der Waals surface area contributed by atoms with Crippen molar-refractivity contribution in [3.05, 3.63) is 88.5 Å². The highest BCUT2D eigenvalue weighted by molar-refractivity contribution is 5.96. The average Bonchev–Trinajstić information content (AvgIpc) is 3.64. The lowest BCUT2D eigenvalue weighted by atomic mass is 9.73. The second-order valence-corrected chi connectivity index (χ2v) is 9.46. The number of hydrogen-bond acceptors (Lipinski definition) is 5. The first-order valence-electron chi connectivity index (χ1n) is 11.5. The normalized spacial score (nSPS) is 19.2. The van der Waals surface area contributed by atoms with Gasteiger partial charge in [0.15, 0.2) is 5.82 Å². The first-order valence-corrected chi connectivity index (χ1v) is 11.5. The molecular formula is C27H27N3O2. The van der Waals surface area contributed by atoms with E-state index in [4.69, 9.17) is 4.74 Å². The molecule has 3 aliphatic rings. The maximum atomic E-state index is 12.4. The summed E-state index contributed by atoms with van der Waals surface area (Å²) >= 11 is 0. The number of Topliss-reactive ketones (excluding diaryl/α,β-unsaturated/α-hetero) is 1. The molecule has 0 atom stereocenters. The topological polar surface area (TPSA) is 55.3 Å². The standard InChI is InChI=1S/C27H27N3O2/c1-18-2-6-21(7-3-18)27(16-32-17-27)22-8-10-23(11-9-22)30-13-12-20-14-28-26(29-24(20)15-30)25(31)19-4-5-19/h2-3,6-11,14,19H,4-5,12-13,15-17H2,1H3. The molecule has 1 aromatic heterocycles. The van der Waals surface area contributed by atoms with E-state index in [0.29, 0.717) is 12.4 Å². The summed E-state index contributed by atoms with van der Waals surface area (Å²) in [7, 11) is 0. The Morgan fingerprint density at radius 3 is 2.34 bits per heavy atom. The fourth-order valence-electron chi connectivity index (χ4n) is 4.84. The predicted octanol–water partition coefficient (Wildman–Crippen LogP) is 4.26. The Morgan fingerprint density at radius 1 is 1.03 bits per heavy atom. The van der Waals surface area contributed by atoms with E-state index >= 15 is 0 Å². The molecule has 0 N–H and O–H groups in total. The minimum Gasteiger partial charge on any atom is -0.379 e. The van der Waals surface area contributed by atoms with Crippen molar-refractivity contribution in [2.45, 2.75) is 38.1 Å². The molecule has 0 bridgehead atoms. The largest absolute Gasteiger partial charge is 0.379 e. The summed E-state index contributed by atoms with van der Waals surface area (Å²) in [5, 5.41) is 0. The summed E-state index contributed by atoms with van der Waals surface area (Å²) in [6.07, 6.45) is 4.72. The first kappa shape index (κ1) is 19.6. The van der Waals surface area contributed by atoms with Crippen LogP contribution in [0.25, 0.3) is 0 Å². The number of ketones is 1. The molecular weight excluding hydrogens is 398 g/mol. The number of hydrogen-bond donors (Lipinski definition) is 0. The molecule has 3 aromatic rings. The Kier molecular flexibility index (Phi) is 4.61.